The number of halogens is 1. The van der Waals surface area contributed by atoms with Crippen LogP contribution in [0, 0.1) is 12.8 Å². The van der Waals surface area contributed by atoms with Crippen LogP contribution in [0.3, 0.4) is 0 Å². The Morgan fingerprint density at radius 3 is 2.73 bits per heavy atom. The second-order valence-electron chi connectivity index (χ2n) is 8.49. The first-order chi connectivity index (χ1) is 15.7. The molecule has 0 saturated carbocycles. The molecule has 0 spiro atoms. The number of amides is 2. The first kappa shape index (κ1) is 24.0. The van der Waals surface area contributed by atoms with Gasteiger partial charge in [0.25, 0.3) is 0 Å². The Balaban J connectivity index is 1.55. The van der Waals surface area contributed by atoms with Gasteiger partial charge in [-0.25, -0.2) is 8.42 Å². The summed E-state index contributed by atoms with van der Waals surface area (Å²) in [6, 6.07) is 7.09. The van der Waals surface area contributed by atoms with Gasteiger partial charge in [0.1, 0.15) is 16.4 Å². The van der Waals surface area contributed by atoms with E-state index in [1.165, 1.54) is 4.31 Å². The number of carbonyl (C=O) groups excluding carboxylic acids is 2. The minimum Gasteiger partial charge on any atom is -0.465 e. The second-order valence-corrected chi connectivity index (χ2v) is 11.3. The second kappa shape index (κ2) is 9.60. The number of nitrogens with zero attached hydrogens (tertiary/aromatic N) is 2. The molecular weight excluding hydrogens is 510 g/mol. The number of nitrogens with one attached hydrogen (secondary N) is 1. The standard InChI is InChI=1S/C23H28BrN3O5S/c1-3-21(28)27-10-8-16-11-18(24)12-20(22(16)27)33(30,31)26-9-4-5-17(14-26)23(29)25-13-19-7-6-15(2)32-19/h6-7,11-12,17H,3-5,8-10,13-14H2,1-2H3,(H,25,29)/t17-/m0/s1. The molecule has 1 N–H and O–H groups in total. The van der Waals surface area contributed by atoms with Crippen molar-refractivity contribution in [3.63, 3.8) is 0 Å². The van der Waals surface area contributed by atoms with Crippen molar-refractivity contribution in [2.24, 2.45) is 5.92 Å². The van der Waals surface area contributed by atoms with E-state index in [2.05, 4.69) is 21.2 Å². The molecule has 10 heteroatoms. The first-order valence-corrected chi connectivity index (χ1v) is 13.4. The van der Waals surface area contributed by atoms with Gasteiger partial charge in [0.2, 0.25) is 21.8 Å². The lowest BCUT2D eigenvalue weighted by atomic mass is 9.99. The molecule has 1 atom stereocenters. The van der Waals surface area contributed by atoms with Gasteiger partial charge in [-0.2, -0.15) is 4.31 Å². The maximum atomic E-state index is 13.7. The van der Waals surface area contributed by atoms with E-state index in [0.29, 0.717) is 54.7 Å². The Kier molecular flexibility index (Phi) is 6.97. The highest BCUT2D eigenvalue weighted by Crippen LogP contribution is 2.39. The highest BCUT2D eigenvalue weighted by Gasteiger charge is 2.38. The fourth-order valence-electron chi connectivity index (χ4n) is 4.52. The van der Waals surface area contributed by atoms with Crippen molar-refractivity contribution in [1.82, 2.24) is 9.62 Å². The van der Waals surface area contributed by atoms with Crippen LogP contribution in [-0.4, -0.2) is 44.2 Å². The zero-order valence-electron chi connectivity index (χ0n) is 18.8. The van der Waals surface area contributed by atoms with Crippen LogP contribution in [-0.2, 0) is 32.6 Å². The predicted molar refractivity (Wildman–Crippen MR) is 127 cm³/mol. The van der Waals surface area contributed by atoms with E-state index < -0.39 is 15.9 Å². The third kappa shape index (κ3) is 4.88. The number of hydrogen-bond donors (Lipinski definition) is 1. The van der Waals surface area contributed by atoms with Gasteiger partial charge in [0.15, 0.2) is 0 Å². The average Bonchev–Trinajstić information content (AvgIpc) is 3.42. The third-order valence-corrected chi connectivity index (χ3v) is 8.54. The number of sulfonamides is 1. The molecule has 0 bridgehead atoms. The predicted octanol–water partition coefficient (Wildman–Crippen LogP) is 3.37. The van der Waals surface area contributed by atoms with Crippen LogP contribution in [0.4, 0.5) is 5.69 Å². The molecule has 2 amide bonds. The summed E-state index contributed by atoms with van der Waals surface area (Å²) in [7, 11) is -3.90. The number of hydrogen-bond acceptors (Lipinski definition) is 5. The van der Waals surface area contributed by atoms with Gasteiger partial charge in [0.05, 0.1) is 18.2 Å². The van der Waals surface area contributed by atoms with Gasteiger partial charge < -0.3 is 14.6 Å². The van der Waals surface area contributed by atoms with Crippen molar-refractivity contribution in [2.45, 2.75) is 51.0 Å². The summed E-state index contributed by atoms with van der Waals surface area (Å²) in [6.07, 6.45) is 2.12. The van der Waals surface area contributed by atoms with Gasteiger partial charge in [-0.1, -0.05) is 22.9 Å². The fraction of sp³-hybridized carbons (Fsp3) is 0.478. The zero-order valence-corrected chi connectivity index (χ0v) is 21.2. The van der Waals surface area contributed by atoms with Gasteiger partial charge in [-0.15, -0.1) is 0 Å². The summed E-state index contributed by atoms with van der Waals surface area (Å²) in [5, 5.41) is 2.86. The van der Waals surface area contributed by atoms with E-state index in [4.69, 9.17) is 4.42 Å². The smallest absolute Gasteiger partial charge is 0.245 e. The highest BCUT2D eigenvalue weighted by atomic mass is 79.9. The number of fused-ring (bicyclic) bond motifs is 1. The van der Waals surface area contributed by atoms with Crippen molar-refractivity contribution >= 4 is 43.5 Å². The molecule has 178 valence electrons. The summed E-state index contributed by atoms with van der Waals surface area (Å²) in [5.41, 5.74) is 1.31. The third-order valence-electron chi connectivity index (χ3n) is 6.20. The number of anilines is 1. The Morgan fingerprint density at radius 2 is 2.03 bits per heavy atom. The molecule has 0 radical (unpaired) electrons. The van der Waals surface area contributed by atoms with Crippen molar-refractivity contribution in [1.29, 1.82) is 0 Å². The maximum Gasteiger partial charge on any atom is 0.245 e. The highest BCUT2D eigenvalue weighted by molar-refractivity contribution is 9.10. The van der Waals surface area contributed by atoms with Crippen molar-refractivity contribution in [3.8, 4) is 0 Å². The topological polar surface area (TPSA) is 99.9 Å². The number of rotatable bonds is 6. The summed E-state index contributed by atoms with van der Waals surface area (Å²) in [5.74, 6) is 0.693. The van der Waals surface area contributed by atoms with E-state index >= 15 is 0 Å². The monoisotopic (exact) mass is 537 g/mol. The molecule has 0 aliphatic carbocycles. The molecule has 2 aromatic rings. The van der Waals surface area contributed by atoms with Crippen LogP contribution in [0.1, 0.15) is 43.3 Å². The minimum atomic E-state index is -3.90. The lowest BCUT2D eigenvalue weighted by Gasteiger charge is -2.32. The van der Waals surface area contributed by atoms with Crippen LogP contribution in [0.5, 0.6) is 0 Å². The van der Waals surface area contributed by atoms with Crippen LogP contribution in [0.2, 0.25) is 0 Å². The van der Waals surface area contributed by atoms with Gasteiger partial charge in [-0.05, 0) is 56.0 Å². The molecule has 4 rings (SSSR count). The largest absolute Gasteiger partial charge is 0.465 e. The van der Waals surface area contributed by atoms with E-state index in [1.54, 1.807) is 17.9 Å². The molecule has 1 aromatic heterocycles. The molecule has 0 unspecified atom stereocenters. The number of benzene rings is 1. The van der Waals surface area contributed by atoms with Crippen LogP contribution in [0.15, 0.2) is 38.1 Å². The fourth-order valence-corrected chi connectivity index (χ4v) is 6.96. The minimum absolute atomic E-state index is 0.100. The lowest BCUT2D eigenvalue weighted by molar-refractivity contribution is -0.126. The van der Waals surface area contributed by atoms with Crippen molar-refractivity contribution in [3.05, 3.63) is 45.8 Å². The summed E-state index contributed by atoms with van der Waals surface area (Å²) >= 11 is 3.43. The maximum absolute atomic E-state index is 13.7. The number of piperidine rings is 1. The van der Waals surface area contributed by atoms with E-state index in [-0.39, 0.29) is 29.8 Å². The molecular formula is C23H28BrN3O5S. The Labute approximate surface area is 202 Å². The van der Waals surface area contributed by atoms with E-state index in [1.807, 2.05) is 25.1 Å². The molecule has 3 heterocycles. The van der Waals surface area contributed by atoms with Gasteiger partial charge >= 0.3 is 0 Å². The summed E-state index contributed by atoms with van der Waals surface area (Å²) < 4.78 is 35.0. The average molecular weight is 538 g/mol. The van der Waals surface area contributed by atoms with Crippen LogP contribution in [0.25, 0.3) is 0 Å². The zero-order chi connectivity index (χ0) is 23.8. The Hall–Kier alpha value is -2.17. The molecule has 1 aromatic carbocycles. The first-order valence-electron chi connectivity index (χ1n) is 11.2. The molecule has 1 saturated heterocycles. The Bertz CT molecular complexity index is 1180. The summed E-state index contributed by atoms with van der Waals surface area (Å²) in [6.45, 7) is 4.79. The number of carbonyl (C=O) groups is 2. The van der Waals surface area contributed by atoms with E-state index in [9.17, 15) is 18.0 Å². The lowest BCUT2D eigenvalue weighted by Crippen LogP contribution is -2.45. The normalized spacial score (nSPS) is 18.9. The number of aryl methyl sites for hydroxylation is 1. The molecule has 2 aliphatic rings. The van der Waals surface area contributed by atoms with E-state index in [0.717, 1.165) is 11.3 Å². The molecule has 2 aliphatic heterocycles. The summed E-state index contributed by atoms with van der Waals surface area (Å²) in [4.78, 5) is 27.0. The number of furan rings is 1. The SMILES string of the molecule is CCC(=O)N1CCc2cc(Br)cc(S(=O)(=O)N3CCC[C@H](C(=O)NCc4ccc(C)o4)C3)c21. The molecule has 8 nitrogen and oxygen atoms in total. The quantitative estimate of drug-likeness (QED) is 0.608. The molecule has 1 fully saturated rings. The molecule has 33 heavy (non-hydrogen) atoms. The van der Waals surface area contributed by atoms with Gasteiger partial charge in [0, 0.05) is 30.5 Å². The Morgan fingerprint density at radius 1 is 1.24 bits per heavy atom. The van der Waals surface area contributed by atoms with Crippen molar-refractivity contribution in [2.75, 3.05) is 24.5 Å². The van der Waals surface area contributed by atoms with Gasteiger partial charge in [-0.3, -0.25) is 9.59 Å². The van der Waals surface area contributed by atoms with Crippen molar-refractivity contribution < 1.29 is 22.4 Å². The van der Waals surface area contributed by atoms with Crippen LogP contribution < -0.4 is 10.2 Å². The van der Waals surface area contributed by atoms with Crippen LogP contribution >= 0.6 is 15.9 Å².